The normalized spacial score (nSPS) is 12.0. The summed E-state index contributed by atoms with van der Waals surface area (Å²) >= 11 is 0. The molecule has 0 heterocycles. The van der Waals surface area contributed by atoms with E-state index in [9.17, 15) is 33.4 Å². The van der Waals surface area contributed by atoms with E-state index < -0.39 is 31.7 Å². The summed E-state index contributed by atoms with van der Waals surface area (Å²) in [5, 5.41) is 21.9. The number of nitro groups is 2. The number of carbonyl (C=O) groups excluding carboxylic acids is 1. The van der Waals surface area contributed by atoms with Gasteiger partial charge in [-0.3, -0.25) is 25.0 Å². The number of allylic oxidation sites excluding steroid dienone is 1. The minimum atomic E-state index is -4.04. The van der Waals surface area contributed by atoms with Crippen LogP contribution < -0.4 is 4.72 Å². The smallest absolute Gasteiger partial charge is 0.269 e. The Bertz CT molecular complexity index is 1380. The first-order valence-electron chi connectivity index (χ1n) is 10.3. The number of rotatable bonds is 10. The van der Waals surface area contributed by atoms with Gasteiger partial charge in [-0.15, -0.1) is 0 Å². The summed E-state index contributed by atoms with van der Waals surface area (Å²) in [6.45, 7) is 5.57. The number of benzene rings is 3. The van der Waals surface area contributed by atoms with Gasteiger partial charge in [0.25, 0.3) is 11.4 Å². The molecule has 1 N–H and O–H groups in total. The molecular weight excluding hydrogens is 474 g/mol. The number of hydrogen-bond acceptors (Lipinski definition) is 7. The molecule has 0 aliphatic rings. The van der Waals surface area contributed by atoms with Gasteiger partial charge >= 0.3 is 0 Å². The monoisotopic (exact) mass is 495 g/mol. The van der Waals surface area contributed by atoms with Crippen LogP contribution in [0.3, 0.4) is 0 Å². The maximum absolute atomic E-state index is 13.0. The topological polar surface area (TPSA) is 150 Å². The zero-order valence-corrected chi connectivity index (χ0v) is 19.4. The Morgan fingerprint density at radius 3 is 1.86 bits per heavy atom. The van der Waals surface area contributed by atoms with Crippen molar-refractivity contribution in [2.45, 2.75) is 24.3 Å². The molecule has 3 aromatic carbocycles. The van der Waals surface area contributed by atoms with E-state index in [1.54, 1.807) is 12.1 Å². The van der Waals surface area contributed by atoms with Crippen molar-refractivity contribution in [3.8, 4) is 0 Å². The number of carbonyl (C=O) groups is 1. The Labute approximate surface area is 201 Å². The van der Waals surface area contributed by atoms with Crippen molar-refractivity contribution in [3.05, 3.63) is 116 Å². The van der Waals surface area contributed by atoms with Crippen LogP contribution in [0.4, 0.5) is 11.4 Å². The fraction of sp³-hybridized carbons (Fsp3) is 0.125. The highest BCUT2D eigenvalue weighted by molar-refractivity contribution is 7.89. The first-order chi connectivity index (χ1) is 16.5. The van der Waals surface area contributed by atoms with E-state index in [4.69, 9.17) is 0 Å². The number of ketones is 1. The van der Waals surface area contributed by atoms with Crippen molar-refractivity contribution >= 4 is 32.8 Å². The second kappa shape index (κ2) is 10.4. The molecule has 0 amide bonds. The van der Waals surface area contributed by atoms with Crippen LogP contribution in [0.5, 0.6) is 0 Å². The number of Topliss-reactive ketones (excluding diaryl/α,β-unsaturated/α-hetero) is 1. The Balaban J connectivity index is 1.90. The third-order valence-electron chi connectivity index (χ3n) is 5.29. The zero-order valence-electron chi connectivity index (χ0n) is 18.6. The lowest BCUT2D eigenvalue weighted by molar-refractivity contribution is -0.385. The standard InChI is InChI=1S/C24H21N3O7S/c1-16-3-13-22(14-4-16)35(33,34)25-23(19-7-11-21(12-8-19)27(31)32)15-24(28)17(2)18-5-9-20(10-6-18)26(29)30/h3-14,23,25H,2,15H2,1H3. The molecule has 3 aromatic rings. The van der Waals surface area contributed by atoms with E-state index in [1.165, 1.54) is 60.7 Å². The van der Waals surface area contributed by atoms with Crippen molar-refractivity contribution in [3.63, 3.8) is 0 Å². The molecule has 0 saturated carbocycles. The molecule has 1 atom stereocenters. The molecule has 0 fully saturated rings. The lowest BCUT2D eigenvalue weighted by atomic mass is 9.95. The van der Waals surface area contributed by atoms with Gasteiger partial charge in [0, 0.05) is 36.3 Å². The molecule has 35 heavy (non-hydrogen) atoms. The largest absolute Gasteiger partial charge is 0.294 e. The fourth-order valence-corrected chi connectivity index (χ4v) is 4.51. The van der Waals surface area contributed by atoms with E-state index in [0.29, 0.717) is 11.1 Å². The molecule has 3 rings (SSSR count). The van der Waals surface area contributed by atoms with Gasteiger partial charge in [-0.25, -0.2) is 13.1 Å². The summed E-state index contributed by atoms with van der Waals surface area (Å²) in [6, 6.07) is 15.5. The van der Waals surface area contributed by atoms with Crippen LogP contribution in [-0.4, -0.2) is 24.0 Å². The molecule has 0 aliphatic heterocycles. The molecule has 0 aromatic heterocycles. The Kier molecular flexibility index (Phi) is 7.52. The van der Waals surface area contributed by atoms with Gasteiger partial charge in [0.15, 0.2) is 5.78 Å². The maximum atomic E-state index is 13.0. The molecule has 11 heteroatoms. The van der Waals surface area contributed by atoms with Gasteiger partial charge in [-0.1, -0.05) is 36.4 Å². The van der Waals surface area contributed by atoms with Gasteiger partial charge in [-0.2, -0.15) is 0 Å². The second-order valence-electron chi connectivity index (χ2n) is 7.75. The maximum Gasteiger partial charge on any atom is 0.269 e. The van der Waals surface area contributed by atoms with Crippen LogP contribution in [-0.2, 0) is 14.8 Å². The third-order valence-corrected chi connectivity index (χ3v) is 6.78. The van der Waals surface area contributed by atoms with Gasteiger partial charge in [0.1, 0.15) is 0 Å². The van der Waals surface area contributed by atoms with Gasteiger partial charge in [0.05, 0.1) is 20.8 Å². The fourth-order valence-electron chi connectivity index (χ4n) is 3.28. The number of nitrogens with one attached hydrogen (secondary N) is 1. The summed E-state index contributed by atoms with van der Waals surface area (Å²) in [7, 11) is -4.04. The van der Waals surface area contributed by atoms with Gasteiger partial charge in [0.2, 0.25) is 10.0 Å². The zero-order chi connectivity index (χ0) is 25.8. The van der Waals surface area contributed by atoms with E-state index >= 15 is 0 Å². The van der Waals surface area contributed by atoms with Crippen molar-refractivity contribution < 1.29 is 23.1 Å². The number of aryl methyl sites for hydroxylation is 1. The van der Waals surface area contributed by atoms with Crippen LogP contribution in [0.1, 0.15) is 29.2 Å². The minimum absolute atomic E-state index is 0.00310. The summed E-state index contributed by atoms with van der Waals surface area (Å²) in [5.41, 5.74) is 1.27. The number of sulfonamides is 1. The van der Waals surface area contributed by atoms with Crippen LogP contribution in [0.2, 0.25) is 0 Å². The second-order valence-corrected chi connectivity index (χ2v) is 9.46. The average molecular weight is 496 g/mol. The highest BCUT2D eigenvalue weighted by atomic mass is 32.2. The van der Waals surface area contributed by atoms with Crippen molar-refractivity contribution in [1.29, 1.82) is 0 Å². The number of nitro benzene ring substituents is 2. The predicted octanol–water partition coefficient (Wildman–Crippen LogP) is 4.50. The molecule has 0 saturated heterocycles. The molecule has 0 aliphatic carbocycles. The predicted molar refractivity (Wildman–Crippen MR) is 129 cm³/mol. The van der Waals surface area contributed by atoms with Crippen LogP contribution in [0, 0.1) is 27.2 Å². The van der Waals surface area contributed by atoms with E-state index in [1.807, 2.05) is 6.92 Å². The van der Waals surface area contributed by atoms with Crippen molar-refractivity contribution in [2.75, 3.05) is 0 Å². The highest BCUT2D eigenvalue weighted by Gasteiger charge is 2.25. The van der Waals surface area contributed by atoms with E-state index in [2.05, 4.69) is 11.3 Å². The lowest BCUT2D eigenvalue weighted by Gasteiger charge is -2.19. The molecule has 10 nitrogen and oxygen atoms in total. The summed E-state index contributed by atoms with van der Waals surface area (Å²) in [5.74, 6) is -0.506. The lowest BCUT2D eigenvalue weighted by Crippen LogP contribution is -2.30. The van der Waals surface area contributed by atoms with E-state index in [-0.39, 0.29) is 28.3 Å². The van der Waals surface area contributed by atoms with Crippen molar-refractivity contribution in [1.82, 2.24) is 4.72 Å². The van der Waals surface area contributed by atoms with Crippen LogP contribution in [0.15, 0.2) is 84.3 Å². The highest BCUT2D eigenvalue weighted by Crippen LogP contribution is 2.27. The van der Waals surface area contributed by atoms with Gasteiger partial charge in [-0.05, 0) is 42.3 Å². The Hall–Kier alpha value is -4.22. The first-order valence-corrected chi connectivity index (χ1v) is 11.8. The van der Waals surface area contributed by atoms with Crippen LogP contribution >= 0.6 is 0 Å². The molecule has 1 unspecified atom stereocenters. The number of nitrogens with zero attached hydrogens (tertiary/aromatic N) is 2. The quantitative estimate of drug-likeness (QED) is 0.247. The molecule has 0 bridgehead atoms. The Morgan fingerprint density at radius 2 is 1.37 bits per heavy atom. The number of hydrogen-bond donors (Lipinski definition) is 1. The van der Waals surface area contributed by atoms with E-state index in [0.717, 1.165) is 5.56 Å². The summed E-state index contributed by atoms with van der Waals surface area (Å²) in [4.78, 5) is 33.7. The molecule has 0 spiro atoms. The summed E-state index contributed by atoms with van der Waals surface area (Å²) < 4.78 is 28.5. The average Bonchev–Trinajstić information content (AvgIpc) is 2.83. The first kappa shape index (κ1) is 25.4. The molecule has 180 valence electrons. The van der Waals surface area contributed by atoms with Crippen molar-refractivity contribution in [2.24, 2.45) is 0 Å². The minimum Gasteiger partial charge on any atom is -0.294 e. The third kappa shape index (κ3) is 6.22. The Morgan fingerprint density at radius 1 is 0.886 bits per heavy atom. The molecular formula is C24H21N3O7S. The summed E-state index contributed by atoms with van der Waals surface area (Å²) in [6.07, 6.45) is -0.335. The number of non-ortho nitro benzene ring substituents is 2. The van der Waals surface area contributed by atoms with Gasteiger partial charge < -0.3 is 0 Å². The van der Waals surface area contributed by atoms with Crippen LogP contribution in [0.25, 0.3) is 5.57 Å². The SMILES string of the molecule is C=C(C(=O)CC(NS(=O)(=O)c1ccc(C)cc1)c1ccc([N+](=O)[O-])cc1)c1ccc([N+](=O)[O-])cc1. The molecule has 0 radical (unpaired) electrons.